The molecule has 19 heavy (non-hydrogen) atoms. The summed E-state index contributed by atoms with van der Waals surface area (Å²) in [7, 11) is 0. The summed E-state index contributed by atoms with van der Waals surface area (Å²) >= 11 is 0. The Morgan fingerprint density at radius 1 is 1.32 bits per heavy atom. The third kappa shape index (κ3) is 3.16. The number of nitrogens with one attached hydrogen (secondary N) is 1. The first-order valence-corrected chi connectivity index (χ1v) is 6.36. The Hall–Kier alpha value is -2.23. The zero-order valence-electron chi connectivity index (χ0n) is 11.1. The highest BCUT2D eigenvalue weighted by molar-refractivity contribution is 5.44. The minimum Gasteiger partial charge on any atom is -0.508 e. The molecule has 100 valence electrons. The highest BCUT2D eigenvalue weighted by atomic mass is 16.3. The Kier molecular flexibility index (Phi) is 3.90. The molecule has 1 aromatic carbocycles. The maximum absolute atomic E-state index is 11.5. The quantitative estimate of drug-likeness (QED) is 0.886. The normalized spacial score (nSPS) is 12.1. The maximum atomic E-state index is 11.5. The second-order valence-corrected chi connectivity index (χ2v) is 4.50. The van der Waals surface area contributed by atoms with E-state index in [1.807, 2.05) is 32.2 Å². The van der Waals surface area contributed by atoms with Crippen LogP contribution in [0, 0.1) is 0 Å². The second-order valence-electron chi connectivity index (χ2n) is 4.50. The minimum absolute atomic E-state index is 0.00180. The van der Waals surface area contributed by atoms with Gasteiger partial charge < -0.3 is 15.0 Å². The maximum Gasteiger partial charge on any atom is 0.250 e. The van der Waals surface area contributed by atoms with Crippen molar-refractivity contribution in [3.8, 4) is 5.75 Å². The molecule has 0 aliphatic heterocycles. The molecule has 0 bridgehead atoms. The van der Waals surface area contributed by atoms with Crippen molar-refractivity contribution in [1.82, 2.24) is 4.57 Å². The van der Waals surface area contributed by atoms with Gasteiger partial charge in [0, 0.05) is 24.8 Å². The standard InChI is InChI=1S/C15H18N2O2/c1-3-17-10-13(7-8-15(17)19)16-11(2)12-5-4-6-14(18)9-12/h4-11,16,18H,3H2,1-2H3. The highest BCUT2D eigenvalue weighted by Crippen LogP contribution is 2.21. The number of phenolic OH excluding ortho intramolecular Hbond substituents is 1. The zero-order valence-corrected chi connectivity index (χ0v) is 11.1. The van der Waals surface area contributed by atoms with Crippen LogP contribution in [0.25, 0.3) is 0 Å². The summed E-state index contributed by atoms with van der Waals surface area (Å²) in [6.07, 6.45) is 1.81. The van der Waals surface area contributed by atoms with Crippen molar-refractivity contribution in [2.24, 2.45) is 0 Å². The molecule has 0 saturated carbocycles. The largest absolute Gasteiger partial charge is 0.508 e. The van der Waals surface area contributed by atoms with E-state index in [0.29, 0.717) is 6.54 Å². The van der Waals surface area contributed by atoms with Crippen molar-refractivity contribution in [2.45, 2.75) is 26.4 Å². The second kappa shape index (κ2) is 5.61. The first-order valence-electron chi connectivity index (χ1n) is 6.36. The Balaban J connectivity index is 2.19. The van der Waals surface area contributed by atoms with E-state index in [1.165, 1.54) is 0 Å². The fourth-order valence-electron chi connectivity index (χ4n) is 1.99. The lowest BCUT2D eigenvalue weighted by Gasteiger charge is -2.16. The Labute approximate surface area is 112 Å². The van der Waals surface area contributed by atoms with Crippen LogP contribution in [0.3, 0.4) is 0 Å². The molecule has 1 unspecified atom stereocenters. The predicted molar refractivity (Wildman–Crippen MR) is 76.5 cm³/mol. The van der Waals surface area contributed by atoms with Gasteiger partial charge in [0.05, 0.1) is 5.69 Å². The lowest BCUT2D eigenvalue weighted by atomic mass is 10.1. The monoisotopic (exact) mass is 258 g/mol. The van der Waals surface area contributed by atoms with Crippen LogP contribution >= 0.6 is 0 Å². The van der Waals surface area contributed by atoms with Gasteiger partial charge in [-0.15, -0.1) is 0 Å². The number of nitrogens with zero attached hydrogens (tertiary/aromatic N) is 1. The number of aromatic hydroxyl groups is 1. The summed E-state index contributed by atoms with van der Waals surface area (Å²) in [4.78, 5) is 11.5. The summed E-state index contributed by atoms with van der Waals surface area (Å²) in [5.74, 6) is 0.254. The van der Waals surface area contributed by atoms with Gasteiger partial charge in [-0.25, -0.2) is 0 Å². The smallest absolute Gasteiger partial charge is 0.250 e. The number of hydrogen-bond acceptors (Lipinski definition) is 3. The summed E-state index contributed by atoms with van der Waals surface area (Å²) in [6, 6.07) is 10.5. The topological polar surface area (TPSA) is 54.3 Å². The van der Waals surface area contributed by atoms with Crippen LogP contribution in [0.5, 0.6) is 5.75 Å². The third-order valence-corrected chi connectivity index (χ3v) is 3.08. The third-order valence-electron chi connectivity index (χ3n) is 3.08. The first kappa shape index (κ1) is 13.2. The molecule has 0 radical (unpaired) electrons. The number of rotatable bonds is 4. The van der Waals surface area contributed by atoms with Crippen molar-refractivity contribution in [1.29, 1.82) is 0 Å². The van der Waals surface area contributed by atoms with E-state index in [4.69, 9.17) is 0 Å². The van der Waals surface area contributed by atoms with Crippen LogP contribution < -0.4 is 10.9 Å². The molecule has 0 aliphatic carbocycles. The van der Waals surface area contributed by atoms with E-state index in [9.17, 15) is 9.90 Å². The summed E-state index contributed by atoms with van der Waals surface area (Å²) in [5, 5.41) is 12.8. The molecule has 4 nitrogen and oxygen atoms in total. The van der Waals surface area contributed by atoms with Crippen LogP contribution in [-0.4, -0.2) is 9.67 Å². The van der Waals surface area contributed by atoms with E-state index in [-0.39, 0.29) is 17.4 Å². The number of phenols is 1. The van der Waals surface area contributed by atoms with Crippen molar-refractivity contribution in [3.05, 3.63) is 58.5 Å². The van der Waals surface area contributed by atoms with Gasteiger partial charge in [0.1, 0.15) is 5.75 Å². The lowest BCUT2D eigenvalue weighted by Crippen LogP contribution is -2.18. The number of anilines is 1. The van der Waals surface area contributed by atoms with Crippen molar-refractivity contribution in [2.75, 3.05) is 5.32 Å². The lowest BCUT2D eigenvalue weighted by molar-refractivity contribution is 0.474. The molecule has 1 aromatic heterocycles. The number of aromatic nitrogens is 1. The van der Waals surface area contributed by atoms with Crippen molar-refractivity contribution in [3.63, 3.8) is 0 Å². The van der Waals surface area contributed by atoms with Crippen molar-refractivity contribution >= 4 is 5.69 Å². The predicted octanol–water partition coefficient (Wildman–Crippen LogP) is 2.75. The Bertz CT molecular complexity index is 620. The molecule has 0 saturated heterocycles. The fourth-order valence-corrected chi connectivity index (χ4v) is 1.99. The molecular weight excluding hydrogens is 240 g/mol. The van der Waals surface area contributed by atoms with Gasteiger partial charge in [0.25, 0.3) is 5.56 Å². The van der Waals surface area contributed by atoms with E-state index >= 15 is 0 Å². The molecular formula is C15H18N2O2. The molecule has 1 atom stereocenters. The van der Waals surface area contributed by atoms with Crippen LogP contribution in [0.15, 0.2) is 47.4 Å². The van der Waals surface area contributed by atoms with Gasteiger partial charge in [-0.05, 0) is 37.6 Å². The zero-order chi connectivity index (χ0) is 13.8. The molecule has 2 aromatic rings. The summed E-state index contributed by atoms with van der Waals surface area (Å²) < 4.78 is 1.65. The van der Waals surface area contributed by atoms with Gasteiger partial charge in [-0.1, -0.05) is 12.1 Å². The van der Waals surface area contributed by atoms with Crippen LogP contribution in [0.1, 0.15) is 25.5 Å². The van der Waals surface area contributed by atoms with Gasteiger partial charge in [0.2, 0.25) is 0 Å². The summed E-state index contributed by atoms with van der Waals surface area (Å²) in [6.45, 7) is 4.59. The molecule has 4 heteroatoms. The van der Waals surface area contributed by atoms with E-state index in [1.54, 1.807) is 28.8 Å². The SMILES string of the molecule is CCn1cc(NC(C)c2cccc(O)c2)ccc1=O. The average molecular weight is 258 g/mol. The van der Waals surface area contributed by atoms with E-state index in [2.05, 4.69) is 5.32 Å². The van der Waals surface area contributed by atoms with Gasteiger partial charge >= 0.3 is 0 Å². The van der Waals surface area contributed by atoms with E-state index in [0.717, 1.165) is 11.3 Å². The number of pyridine rings is 1. The molecule has 0 fully saturated rings. The van der Waals surface area contributed by atoms with Gasteiger partial charge in [-0.2, -0.15) is 0 Å². The minimum atomic E-state index is -0.00180. The molecule has 0 aliphatic rings. The Morgan fingerprint density at radius 3 is 2.79 bits per heavy atom. The molecule has 1 heterocycles. The summed E-state index contributed by atoms with van der Waals surface area (Å²) in [5.41, 5.74) is 1.88. The van der Waals surface area contributed by atoms with Crippen LogP contribution in [-0.2, 0) is 6.54 Å². The van der Waals surface area contributed by atoms with Crippen molar-refractivity contribution < 1.29 is 5.11 Å². The molecule has 0 spiro atoms. The fraction of sp³-hybridized carbons (Fsp3) is 0.267. The number of aryl methyl sites for hydroxylation is 1. The van der Waals surface area contributed by atoms with E-state index < -0.39 is 0 Å². The molecule has 2 N–H and O–H groups in total. The van der Waals surface area contributed by atoms with Gasteiger partial charge in [0.15, 0.2) is 0 Å². The van der Waals surface area contributed by atoms with Crippen LogP contribution in [0.2, 0.25) is 0 Å². The molecule has 0 amide bonds. The highest BCUT2D eigenvalue weighted by Gasteiger charge is 2.06. The molecule has 2 rings (SSSR count). The first-order chi connectivity index (χ1) is 9.10. The van der Waals surface area contributed by atoms with Crippen LogP contribution in [0.4, 0.5) is 5.69 Å². The van der Waals surface area contributed by atoms with Gasteiger partial charge in [-0.3, -0.25) is 4.79 Å². The average Bonchev–Trinajstić information content (AvgIpc) is 2.41. The number of hydrogen-bond donors (Lipinski definition) is 2. The Morgan fingerprint density at radius 2 is 2.11 bits per heavy atom. The number of benzene rings is 1.